The molecule has 2 N–H and O–H groups in total. The van der Waals surface area contributed by atoms with Crippen LogP contribution >= 0.6 is 23.4 Å². The highest BCUT2D eigenvalue weighted by Gasteiger charge is 2.62. The van der Waals surface area contributed by atoms with Gasteiger partial charge in [-0.05, 0) is 75.0 Å². The molecule has 0 unspecified atom stereocenters. The number of allylic oxidation sites excluding steroid dienone is 3. The Morgan fingerprint density at radius 1 is 1.13 bits per heavy atom. The van der Waals surface area contributed by atoms with Crippen molar-refractivity contribution in [3.05, 3.63) is 46.5 Å². The number of alkyl carbamates (subject to hydrolysis) is 1. The predicted octanol–water partition coefficient (Wildman–Crippen LogP) is 7.18. The number of halogens is 1. The lowest BCUT2D eigenvalue weighted by Crippen LogP contribution is -2.63. The van der Waals surface area contributed by atoms with Crippen molar-refractivity contribution >= 4 is 58.8 Å². The highest BCUT2D eigenvalue weighted by Crippen LogP contribution is 2.61. The summed E-state index contributed by atoms with van der Waals surface area (Å²) < 4.78 is 23.0. The SMILES string of the molecule is COc1cc2cc(c1Cl)N(C)C(=O)C[C@H](OC(=O)[C@H](C)N(C)C(=O)CCC(C)(C)SCC(=O)N(C)CCC(C)C)[C@@]1(C)C[C@H]1[C@H](C)[C@@H]1C[C@@](O)(NC(=O)O1)[C@H](OC)/C=C/C=C(\C)C2. The number of carbonyl (C=O) groups is 5. The number of nitrogens with one attached hydrogen (secondary N) is 1. The van der Waals surface area contributed by atoms with Crippen LogP contribution in [0.4, 0.5) is 10.5 Å². The number of benzene rings is 1. The Kier molecular flexibility index (Phi) is 17.7. The summed E-state index contributed by atoms with van der Waals surface area (Å²) in [7, 11) is 7.95. The van der Waals surface area contributed by atoms with Crippen molar-refractivity contribution in [1.29, 1.82) is 0 Å². The van der Waals surface area contributed by atoms with Gasteiger partial charge in [-0.15, -0.1) is 11.8 Å². The standard InChI is InChI=1S/C47H71ClN4O10S/c1-28(2)18-20-50(9)41(55)27-63-45(6,7)19-17-39(53)51(10)31(5)43(56)62-38-24-40(54)52(11)34-22-32(23-35(59-12)42(34)48)21-29(3)15-14-16-37(60-13)47(58)26-36(61-44(57)49-47)30(4)33-25-46(33,38)8/h14-16,22-23,28,30-31,33,36-38,58H,17-21,24-27H2,1-13H3,(H,49,57)/b16-14+,29-15+/t30-,31-,33-,36-,37+,38-,46-,47-/m0/s1. The van der Waals surface area contributed by atoms with E-state index in [4.69, 9.17) is 30.5 Å². The summed E-state index contributed by atoms with van der Waals surface area (Å²) in [6.07, 6.45) is 4.28. The number of hydrogen-bond acceptors (Lipinski definition) is 11. The Balaban J connectivity index is 1.59. The first-order valence-electron chi connectivity index (χ1n) is 21.9. The topological polar surface area (TPSA) is 164 Å². The van der Waals surface area contributed by atoms with E-state index < -0.39 is 47.6 Å². The molecule has 2 aliphatic heterocycles. The average Bonchev–Trinajstić information content (AvgIpc) is 3.92. The molecular weight excluding hydrogens is 848 g/mol. The second-order valence-electron chi connectivity index (χ2n) is 19.0. The molecule has 16 heteroatoms. The number of methoxy groups -OCH3 is 2. The van der Waals surface area contributed by atoms with Crippen molar-refractivity contribution in [3.8, 4) is 5.75 Å². The Labute approximate surface area is 383 Å². The van der Waals surface area contributed by atoms with Gasteiger partial charge in [-0.1, -0.05) is 76.9 Å². The molecule has 352 valence electrons. The van der Waals surface area contributed by atoms with Crippen LogP contribution < -0.4 is 15.0 Å². The lowest BCUT2D eigenvalue weighted by Gasteiger charge is -2.42. The predicted molar refractivity (Wildman–Crippen MR) is 247 cm³/mol. The number of nitrogens with zero attached hydrogens (tertiary/aromatic N) is 3. The molecule has 1 aromatic rings. The second-order valence-corrected chi connectivity index (χ2v) is 21.1. The Bertz CT molecular complexity index is 1910. The fourth-order valence-electron chi connectivity index (χ4n) is 8.37. The number of rotatable bonds is 14. The van der Waals surface area contributed by atoms with Gasteiger partial charge >= 0.3 is 12.1 Å². The molecule has 14 nitrogen and oxygen atoms in total. The normalized spacial score (nSPS) is 28.4. The van der Waals surface area contributed by atoms with Crippen molar-refractivity contribution in [1.82, 2.24) is 15.1 Å². The first-order chi connectivity index (χ1) is 29.4. The maximum atomic E-state index is 14.4. The summed E-state index contributed by atoms with van der Waals surface area (Å²) in [6, 6.07) is 2.65. The maximum Gasteiger partial charge on any atom is 0.409 e. The number of ether oxygens (including phenoxy) is 4. The molecule has 1 saturated carbocycles. The molecule has 8 atom stereocenters. The van der Waals surface area contributed by atoms with Gasteiger partial charge in [0.25, 0.3) is 0 Å². The van der Waals surface area contributed by atoms with Crippen LogP contribution in [0.2, 0.25) is 5.02 Å². The Hall–Kier alpha value is -3.79. The van der Waals surface area contributed by atoms with Gasteiger partial charge in [-0.25, -0.2) is 9.59 Å². The fourth-order valence-corrected chi connectivity index (χ4v) is 9.67. The number of esters is 1. The number of carbonyl (C=O) groups excluding carboxylic acids is 5. The van der Waals surface area contributed by atoms with Gasteiger partial charge in [-0.2, -0.15) is 0 Å². The molecule has 1 aliphatic carbocycles. The van der Waals surface area contributed by atoms with Crippen LogP contribution in [-0.2, 0) is 39.8 Å². The summed E-state index contributed by atoms with van der Waals surface area (Å²) in [4.78, 5) is 72.4. The zero-order chi connectivity index (χ0) is 47.2. The molecule has 1 aromatic carbocycles. The molecule has 63 heavy (non-hydrogen) atoms. The zero-order valence-corrected chi connectivity index (χ0v) is 41.1. The smallest absolute Gasteiger partial charge is 0.409 e. The van der Waals surface area contributed by atoms with E-state index in [9.17, 15) is 29.1 Å². The molecule has 2 heterocycles. The molecule has 1 saturated heterocycles. The monoisotopic (exact) mass is 918 g/mol. The summed E-state index contributed by atoms with van der Waals surface area (Å²) >= 11 is 8.34. The molecule has 4 bridgehead atoms. The number of hydrogen-bond donors (Lipinski definition) is 2. The van der Waals surface area contributed by atoms with Crippen molar-refractivity contribution in [3.63, 3.8) is 0 Å². The quantitative estimate of drug-likeness (QED) is 0.182. The highest BCUT2D eigenvalue weighted by molar-refractivity contribution is 8.01. The number of thioether (sulfide) groups is 1. The molecule has 2 fully saturated rings. The Morgan fingerprint density at radius 3 is 2.44 bits per heavy atom. The Morgan fingerprint density at radius 2 is 1.81 bits per heavy atom. The average molecular weight is 920 g/mol. The summed E-state index contributed by atoms with van der Waals surface area (Å²) in [5.74, 6) is -0.593. The van der Waals surface area contributed by atoms with E-state index in [0.717, 1.165) is 17.6 Å². The molecule has 0 aromatic heterocycles. The lowest BCUT2D eigenvalue weighted by molar-refractivity contribution is -0.163. The molecule has 0 radical (unpaired) electrons. The summed E-state index contributed by atoms with van der Waals surface area (Å²) in [6.45, 7) is 16.3. The lowest BCUT2D eigenvalue weighted by atomic mass is 9.83. The number of likely N-dealkylation sites (N-methyl/N-ethyl adjacent to an activating group) is 1. The van der Waals surface area contributed by atoms with Crippen LogP contribution in [0.3, 0.4) is 0 Å². The van der Waals surface area contributed by atoms with E-state index in [1.54, 1.807) is 38.1 Å². The van der Waals surface area contributed by atoms with Crippen molar-refractivity contribution in [2.75, 3.05) is 52.6 Å². The largest absolute Gasteiger partial charge is 0.495 e. The van der Waals surface area contributed by atoms with Gasteiger partial charge in [-0.3, -0.25) is 19.7 Å². The zero-order valence-electron chi connectivity index (χ0n) is 39.5. The van der Waals surface area contributed by atoms with Gasteiger partial charge in [0.05, 0.1) is 25.0 Å². The van der Waals surface area contributed by atoms with E-state index in [-0.39, 0.29) is 58.6 Å². The molecule has 0 spiro atoms. The van der Waals surface area contributed by atoms with Crippen LogP contribution in [0.25, 0.3) is 0 Å². The maximum absolute atomic E-state index is 14.4. The van der Waals surface area contributed by atoms with Crippen molar-refractivity contribution in [2.24, 2.45) is 23.2 Å². The van der Waals surface area contributed by atoms with E-state index in [0.29, 0.717) is 48.9 Å². The van der Waals surface area contributed by atoms with Gasteiger partial charge in [0.15, 0.2) is 5.72 Å². The van der Waals surface area contributed by atoms with Crippen LogP contribution in [0, 0.1) is 23.2 Å². The first kappa shape index (κ1) is 51.8. The van der Waals surface area contributed by atoms with E-state index in [1.807, 2.05) is 59.9 Å². The van der Waals surface area contributed by atoms with Crippen molar-refractivity contribution < 1.29 is 48.0 Å². The third-order valence-corrected chi connectivity index (χ3v) is 15.0. The number of amides is 4. The number of aliphatic hydroxyl groups is 1. The van der Waals surface area contributed by atoms with Crippen molar-refractivity contribution in [2.45, 2.75) is 135 Å². The van der Waals surface area contributed by atoms with Crippen LogP contribution in [0.1, 0.15) is 99.5 Å². The van der Waals surface area contributed by atoms with Gasteiger partial charge in [0.2, 0.25) is 17.7 Å². The van der Waals surface area contributed by atoms with Crippen LogP contribution in [0.5, 0.6) is 5.75 Å². The van der Waals surface area contributed by atoms with E-state index in [1.165, 1.54) is 35.8 Å². The molecular formula is C47H71ClN4O10S. The number of anilines is 1. The van der Waals surface area contributed by atoms with E-state index >= 15 is 0 Å². The molecule has 3 aliphatic rings. The highest BCUT2D eigenvalue weighted by atomic mass is 35.5. The minimum absolute atomic E-state index is 0.0131. The first-order valence-corrected chi connectivity index (χ1v) is 23.3. The van der Waals surface area contributed by atoms with E-state index in [2.05, 4.69) is 19.2 Å². The summed E-state index contributed by atoms with van der Waals surface area (Å²) in [5, 5.41) is 14.7. The molecule has 4 amide bonds. The minimum Gasteiger partial charge on any atom is -0.495 e. The second kappa shape index (κ2) is 21.5. The van der Waals surface area contributed by atoms with Gasteiger partial charge in [0.1, 0.15) is 35.1 Å². The summed E-state index contributed by atoms with van der Waals surface area (Å²) in [5.41, 5.74) is -0.367. The van der Waals surface area contributed by atoms with Gasteiger partial charge < -0.3 is 38.8 Å². The van der Waals surface area contributed by atoms with Gasteiger partial charge in [0, 0.05) is 57.8 Å². The minimum atomic E-state index is -1.79. The van der Waals surface area contributed by atoms with Crippen LogP contribution in [-0.4, -0.2) is 127 Å². The number of fused-ring (bicyclic) bond motifs is 5. The molecule has 4 rings (SSSR count). The third kappa shape index (κ3) is 13.2. The van der Waals surface area contributed by atoms with Crippen LogP contribution in [0.15, 0.2) is 35.9 Å². The fraction of sp³-hybridized carbons (Fsp3) is 0.681. The third-order valence-electron chi connectivity index (χ3n) is 13.2.